The van der Waals surface area contributed by atoms with E-state index in [2.05, 4.69) is 10.9 Å². The van der Waals surface area contributed by atoms with Gasteiger partial charge >= 0.3 is 5.97 Å². The van der Waals surface area contributed by atoms with Gasteiger partial charge in [0.15, 0.2) is 23.7 Å². The summed E-state index contributed by atoms with van der Waals surface area (Å²) in [5, 5.41) is 10.0. The van der Waals surface area contributed by atoms with Gasteiger partial charge in [0.05, 0.1) is 0 Å². The number of para-hydroxylation sites is 2. The van der Waals surface area contributed by atoms with Crippen LogP contribution in [0, 0.1) is 0 Å². The van der Waals surface area contributed by atoms with Gasteiger partial charge in [-0.1, -0.05) is 12.1 Å². The molecule has 1 aliphatic heterocycles. The molecule has 26 heavy (non-hydrogen) atoms. The number of nitrogens with one attached hydrogen (secondary N) is 2. The first-order chi connectivity index (χ1) is 12.5. The Bertz CT molecular complexity index is 700. The zero-order valence-electron chi connectivity index (χ0n) is 14.0. The molecule has 0 spiro atoms. The Morgan fingerprint density at radius 1 is 1.15 bits per heavy atom. The third-order valence-corrected chi connectivity index (χ3v) is 4.27. The van der Waals surface area contributed by atoms with E-state index in [1.165, 1.54) is 0 Å². The molecule has 1 unspecified atom stereocenters. The topological polar surface area (TPSA) is 123 Å². The number of rotatable bonds is 4. The number of benzene rings is 1. The summed E-state index contributed by atoms with van der Waals surface area (Å²) in [5.74, 6) is -1.18. The second-order valence-electron chi connectivity index (χ2n) is 6.22. The number of hydrogen-bond acceptors (Lipinski definition) is 7. The van der Waals surface area contributed by atoms with E-state index in [1.54, 1.807) is 24.3 Å². The summed E-state index contributed by atoms with van der Waals surface area (Å²) in [6, 6.07) is 6.92. The predicted molar refractivity (Wildman–Crippen MR) is 87.0 cm³/mol. The molecule has 0 bridgehead atoms. The normalized spacial score (nSPS) is 20.1. The summed E-state index contributed by atoms with van der Waals surface area (Å²) in [5.41, 5.74) is 2.81. The van der Waals surface area contributed by atoms with Crippen molar-refractivity contribution in [3.05, 3.63) is 24.3 Å². The molecule has 0 saturated heterocycles. The quantitative estimate of drug-likeness (QED) is 0.500. The number of fused-ring (bicyclic) bond motifs is 1. The summed E-state index contributed by atoms with van der Waals surface area (Å²) < 4.78 is 15.7. The summed E-state index contributed by atoms with van der Waals surface area (Å²) in [7, 11) is 0. The van der Waals surface area contributed by atoms with E-state index in [0.29, 0.717) is 24.3 Å². The highest BCUT2D eigenvalue weighted by molar-refractivity contribution is 5.87. The SMILES string of the molecule is O=C(COC(=O)C1(O)CCCC1)NNC(=O)C1COc2ccccc2O1. The highest BCUT2D eigenvalue weighted by Crippen LogP contribution is 2.31. The van der Waals surface area contributed by atoms with E-state index in [1.807, 2.05) is 0 Å². The average Bonchev–Trinajstić information content (AvgIpc) is 3.11. The third kappa shape index (κ3) is 4.05. The average molecular weight is 364 g/mol. The van der Waals surface area contributed by atoms with Crippen LogP contribution in [0.3, 0.4) is 0 Å². The predicted octanol–water partition coefficient (Wildman–Crippen LogP) is -0.178. The van der Waals surface area contributed by atoms with Crippen LogP contribution >= 0.6 is 0 Å². The first-order valence-corrected chi connectivity index (χ1v) is 8.35. The first kappa shape index (κ1) is 18.0. The molecule has 1 aliphatic carbocycles. The second kappa shape index (κ2) is 7.61. The van der Waals surface area contributed by atoms with Crippen molar-refractivity contribution >= 4 is 17.8 Å². The lowest BCUT2D eigenvalue weighted by atomic mass is 10.0. The van der Waals surface area contributed by atoms with E-state index >= 15 is 0 Å². The molecule has 1 heterocycles. The van der Waals surface area contributed by atoms with Gasteiger partial charge in [-0.05, 0) is 37.8 Å². The van der Waals surface area contributed by atoms with Crippen molar-refractivity contribution in [2.24, 2.45) is 0 Å². The highest BCUT2D eigenvalue weighted by atomic mass is 16.6. The molecule has 2 amide bonds. The largest absolute Gasteiger partial charge is 0.485 e. The Balaban J connectivity index is 1.40. The number of hydrazine groups is 1. The van der Waals surface area contributed by atoms with Crippen LogP contribution in [-0.4, -0.2) is 47.8 Å². The van der Waals surface area contributed by atoms with Crippen molar-refractivity contribution in [2.45, 2.75) is 37.4 Å². The lowest BCUT2D eigenvalue weighted by molar-refractivity contribution is -0.167. The molecule has 9 nitrogen and oxygen atoms in total. The van der Waals surface area contributed by atoms with Gasteiger partial charge in [0.1, 0.15) is 6.61 Å². The van der Waals surface area contributed by atoms with Gasteiger partial charge in [0.2, 0.25) is 6.10 Å². The Hall–Kier alpha value is -2.81. The second-order valence-corrected chi connectivity index (χ2v) is 6.22. The van der Waals surface area contributed by atoms with E-state index in [9.17, 15) is 19.5 Å². The van der Waals surface area contributed by atoms with Crippen LogP contribution in [0.2, 0.25) is 0 Å². The molecule has 1 atom stereocenters. The van der Waals surface area contributed by atoms with Crippen LogP contribution < -0.4 is 20.3 Å². The molecular formula is C17H20N2O7. The molecule has 3 N–H and O–H groups in total. The molecular weight excluding hydrogens is 344 g/mol. The lowest BCUT2D eigenvalue weighted by Gasteiger charge is -2.25. The van der Waals surface area contributed by atoms with Crippen molar-refractivity contribution in [3.8, 4) is 11.5 Å². The smallest absolute Gasteiger partial charge is 0.338 e. The standard InChI is InChI=1S/C17H20N2O7/c20-14(10-25-16(22)17(23)7-3-4-8-17)18-19-15(21)13-9-24-11-5-1-2-6-12(11)26-13/h1-2,5-6,13,23H,3-4,7-10H2,(H,18,20)(H,19,21). The van der Waals surface area contributed by atoms with E-state index in [-0.39, 0.29) is 6.61 Å². The van der Waals surface area contributed by atoms with E-state index < -0.39 is 36.1 Å². The van der Waals surface area contributed by atoms with E-state index in [0.717, 1.165) is 12.8 Å². The van der Waals surface area contributed by atoms with Crippen LogP contribution in [-0.2, 0) is 19.1 Å². The number of hydrogen-bond donors (Lipinski definition) is 3. The Morgan fingerprint density at radius 3 is 2.58 bits per heavy atom. The molecule has 9 heteroatoms. The van der Waals surface area contributed by atoms with Gasteiger partial charge in [0, 0.05) is 0 Å². The van der Waals surface area contributed by atoms with Crippen LogP contribution in [0.4, 0.5) is 0 Å². The van der Waals surface area contributed by atoms with Crippen LogP contribution in [0.5, 0.6) is 11.5 Å². The summed E-state index contributed by atoms with van der Waals surface area (Å²) in [6.07, 6.45) is 1.20. The van der Waals surface area contributed by atoms with Crippen molar-refractivity contribution in [1.29, 1.82) is 0 Å². The maximum atomic E-state index is 12.0. The highest BCUT2D eigenvalue weighted by Gasteiger charge is 2.40. The Kier molecular flexibility index (Phi) is 5.27. The molecule has 3 rings (SSSR count). The zero-order chi connectivity index (χ0) is 18.6. The van der Waals surface area contributed by atoms with Crippen molar-refractivity contribution in [3.63, 3.8) is 0 Å². The summed E-state index contributed by atoms with van der Waals surface area (Å²) in [4.78, 5) is 35.5. The van der Waals surface area contributed by atoms with Crippen molar-refractivity contribution in [1.82, 2.24) is 10.9 Å². The monoisotopic (exact) mass is 364 g/mol. The fraction of sp³-hybridized carbons (Fsp3) is 0.471. The van der Waals surface area contributed by atoms with Gasteiger partial charge in [-0.2, -0.15) is 0 Å². The molecule has 140 valence electrons. The van der Waals surface area contributed by atoms with Gasteiger partial charge in [-0.25, -0.2) is 4.79 Å². The lowest BCUT2D eigenvalue weighted by Crippen LogP contribution is -2.52. The minimum absolute atomic E-state index is 0.000730. The minimum Gasteiger partial charge on any atom is -0.485 e. The Morgan fingerprint density at radius 2 is 1.85 bits per heavy atom. The van der Waals surface area contributed by atoms with Gasteiger partial charge in [-0.3, -0.25) is 20.4 Å². The number of aliphatic hydroxyl groups is 1. The molecule has 2 aliphatic rings. The summed E-state index contributed by atoms with van der Waals surface area (Å²) >= 11 is 0. The fourth-order valence-corrected chi connectivity index (χ4v) is 2.83. The number of esters is 1. The minimum atomic E-state index is -1.51. The van der Waals surface area contributed by atoms with Gasteiger partial charge < -0.3 is 19.3 Å². The van der Waals surface area contributed by atoms with E-state index in [4.69, 9.17) is 14.2 Å². The van der Waals surface area contributed by atoms with Gasteiger partial charge in [0.25, 0.3) is 11.8 Å². The van der Waals surface area contributed by atoms with Crippen molar-refractivity contribution in [2.75, 3.05) is 13.2 Å². The molecule has 0 aromatic heterocycles. The van der Waals surface area contributed by atoms with Crippen molar-refractivity contribution < 1.29 is 33.7 Å². The fourth-order valence-electron chi connectivity index (χ4n) is 2.83. The van der Waals surface area contributed by atoms with Gasteiger partial charge in [-0.15, -0.1) is 0 Å². The van der Waals surface area contributed by atoms with Crippen LogP contribution in [0.15, 0.2) is 24.3 Å². The molecule has 0 radical (unpaired) electrons. The maximum absolute atomic E-state index is 12.0. The number of amides is 2. The maximum Gasteiger partial charge on any atom is 0.338 e. The number of carbonyl (C=O) groups excluding carboxylic acids is 3. The Labute approximate surface area is 149 Å². The summed E-state index contributed by atoms with van der Waals surface area (Å²) in [6.45, 7) is -0.604. The first-order valence-electron chi connectivity index (χ1n) is 8.35. The van der Waals surface area contributed by atoms with Crippen LogP contribution in [0.25, 0.3) is 0 Å². The number of ether oxygens (including phenoxy) is 3. The molecule has 1 saturated carbocycles. The van der Waals surface area contributed by atoms with Crippen LogP contribution in [0.1, 0.15) is 25.7 Å². The molecule has 1 fully saturated rings. The zero-order valence-corrected chi connectivity index (χ0v) is 14.0. The molecule has 1 aromatic carbocycles. The third-order valence-electron chi connectivity index (χ3n) is 4.27. The molecule has 1 aromatic rings. The number of carbonyl (C=O) groups is 3.